The lowest BCUT2D eigenvalue weighted by molar-refractivity contribution is 0.295. The van der Waals surface area contributed by atoms with Crippen LogP contribution in [0.2, 0.25) is 0 Å². The number of terminal acetylenes is 1. The summed E-state index contributed by atoms with van der Waals surface area (Å²) in [7, 11) is 0. The van der Waals surface area contributed by atoms with Gasteiger partial charge in [-0.1, -0.05) is 18.1 Å². The van der Waals surface area contributed by atoms with E-state index in [9.17, 15) is 0 Å². The van der Waals surface area contributed by atoms with Gasteiger partial charge in [-0.25, -0.2) is 4.99 Å². The lowest BCUT2D eigenvalue weighted by Gasteiger charge is -2.31. The number of guanidine groups is 1. The molecule has 1 saturated heterocycles. The van der Waals surface area contributed by atoms with Crippen LogP contribution in [0.5, 0.6) is 5.75 Å². The number of likely N-dealkylation sites (tertiary alicyclic amines) is 1. The largest absolute Gasteiger partial charge is 0.481 e. The Balaban J connectivity index is 1.87. The number of hydrogen-bond acceptors (Lipinski definition) is 2. The van der Waals surface area contributed by atoms with Crippen molar-refractivity contribution in [2.75, 3.05) is 19.7 Å². The highest BCUT2D eigenvalue weighted by Crippen LogP contribution is 2.13. The Labute approximate surface area is 107 Å². The van der Waals surface area contributed by atoms with Crippen molar-refractivity contribution in [2.45, 2.75) is 13.0 Å². The van der Waals surface area contributed by atoms with Crippen LogP contribution in [0.4, 0.5) is 0 Å². The molecule has 0 aromatic heterocycles. The molecule has 1 heterocycles. The summed E-state index contributed by atoms with van der Waals surface area (Å²) >= 11 is 0. The summed E-state index contributed by atoms with van der Waals surface area (Å²) in [5, 5.41) is 0. The van der Waals surface area contributed by atoms with E-state index in [-0.39, 0.29) is 0 Å². The first-order chi connectivity index (χ1) is 8.79. The normalized spacial score (nSPS) is 14.8. The lowest BCUT2D eigenvalue weighted by atomic mass is 10.2. The molecule has 94 valence electrons. The number of rotatable bonds is 4. The Kier molecular flexibility index (Phi) is 4.08. The van der Waals surface area contributed by atoms with Gasteiger partial charge in [-0.15, -0.1) is 6.42 Å². The van der Waals surface area contributed by atoms with Gasteiger partial charge in [0.2, 0.25) is 0 Å². The lowest BCUT2D eigenvalue weighted by Crippen LogP contribution is -2.46. The zero-order valence-electron chi connectivity index (χ0n) is 10.3. The molecule has 0 amide bonds. The number of benzene rings is 1. The maximum atomic E-state index is 5.85. The second kappa shape index (κ2) is 5.97. The molecule has 4 heteroatoms. The molecule has 0 bridgehead atoms. The first kappa shape index (κ1) is 12.3. The van der Waals surface area contributed by atoms with Gasteiger partial charge in [-0.05, 0) is 24.1 Å². The maximum absolute atomic E-state index is 5.85. The number of nitrogens with two attached hydrogens (primary N) is 1. The van der Waals surface area contributed by atoms with Crippen molar-refractivity contribution in [3.05, 3.63) is 29.8 Å². The number of aliphatic imine (C=N–C) groups is 1. The highest BCUT2D eigenvalue weighted by atomic mass is 16.5. The van der Waals surface area contributed by atoms with Crippen LogP contribution >= 0.6 is 0 Å². The first-order valence-corrected chi connectivity index (χ1v) is 5.99. The van der Waals surface area contributed by atoms with Crippen LogP contribution in [-0.4, -0.2) is 30.6 Å². The van der Waals surface area contributed by atoms with Gasteiger partial charge in [0.25, 0.3) is 0 Å². The molecule has 0 aliphatic carbocycles. The van der Waals surface area contributed by atoms with E-state index >= 15 is 0 Å². The van der Waals surface area contributed by atoms with Crippen molar-refractivity contribution in [3.63, 3.8) is 0 Å². The topological polar surface area (TPSA) is 50.9 Å². The molecule has 1 aliphatic heterocycles. The molecule has 0 spiro atoms. The average Bonchev–Trinajstić information content (AvgIpc) is 2.33. The van der Waals surface area contributed by atoms with E-state index < -0.39 is 0 Å². The van der Waals surface area contributed by atoms with E-state index in [1.54, 1.807) is 0 Å². The average molecular weight is 243 g/mol. The fraction of sp³-hybridized carbons (Fsp3) is 0.357. The van der Waals surface area contributed by atoms with Crippen molar-refractivity contribution in [2.24, 2.45) is 10.7 Å². The van der Waals surface area contributed by atoms with Gasteiger partial charge < -0.3 is 15.4 Å². The predicted octanol–water partition coefficient (Wildman–Crippen LogP) is 1.22. The van der Waals surface area contributed by atoms with Crippen LogP contribution < -0.4 is 10.5 Å². The summed E-state index contributed by atoms with van der Waals surface area (Å²) < 4.78 is 5.30. The number of nitrogens with zero attached hydrogens (tertiary/aromatic N) is 2. The van der Waals surface area contributed by atoms with Crippen LogP contribution in [0.3, 0.4) is 0 Å². The van der Waals surface area contributed by atoms with E-state index in [1.807, 2.05) is 24.3 Å². The Morgan fingerprint density at radius 1 is 1.39 bits per heavy atom. The van der Waals surface area contributed by atoms with Crippen LogP contribution in [-0.2, 0) is 6.54 Å². The Morgan fingerprint density at radius 2 is 2.11 bits per heavy atom. The molecule has 0 saturated carbocycles. The highest BCUT2D eigenvalue weighted by Gasteiger charge is 2.15. The zero-order chi connectivity index (χ0) is 12.8. The smallest absolute Gasteiger partial charge is 0.191 e. The Hall–Kier alpha value is -2.15. The summed E-state index contributed by atoms with van der Waals surface area (Å²) in [6, 6.07) is 7.72. The second-order valence-electron chi connectivity index (χ2n) is 4.15. The van der Waals surface area contributed by atoms with Crippen molar-refractivity contribution >= 4 is 5.96 Å². The number of ether oxygens (including phenoxy) is 1. The van der Waals surface area contributed by atoms with E-state index in [0.29, 0.717) is 19.1 Å². The van der Waals surface area contributed by atoms with Crippen molar-refractivity contribution in [3.8, 4) is 18.1 Å². The standard InChI is InChI=1S/C14H17N3O/c1-2-10-18-13-6-4-12(5-7-13)11-16-14(15)17-8-3-9-17/h1,4-7H,3,8-11H2,(H2,15,16). The molecule has 4 nitrogen and oxygen atoms in total. The summed E-state index contributed by atoms with van der Waals surface area (Å²) in [6.45, 7) is 2.93. The summed E-state index contributed by atoms with van der Waals surface area (Å²) in [5.74, 6) is 3.84. The minimum absolute atomic E-state index is 0.291. The van der Waals surface area contributed by atoms with Crippen molar-refractivity contribution in [1.29, 1.82) is 0 Å². The van der Waals surface area contributed by atoms with Crippen LogP contribution in [0.1, 0.15) is 12.0 Å². The van der Waals surface area contributed by atoms with Gasteiger partial charge in [0.05, 0.1) is 6.54 Å². The van der Waals surface area contributed by atoms with E-state index in [0.717, 1.165) is 24.4 Å². The molecule has 2 rings (SSSR count). The van der Waals surface area contributed by atoms with Crippen LogP contribution in [0.25, 0.3) is 0 Å². The Bertz CT molecular complexity index is 455. The third-order valence-corrected chi connectivity index (χ3v) is 2.85. The quantitative estimate of drug-likeness (QED) is 0.491. The summed E-state index contributed by atoms with van der Waals surface area (Å²) in [5.41, 5.74) is 6.95. The number of hydrogen-bond donors (Lipinski definition) is 1. The molecule has 1 aromatic rings. The minimum Gasteiger partial charge on any atom is -0.481 e. The van der Waals surface area contributed by atoms with E-state index in [4.69, 9.17) is 16.9 Å². The minimum atomic E-state index is 0.291. The van der Waals surface area contributed by atoms with Crippen LogP contribution in [0.15, 0.2) is 29.3 Å². The fourth-order valence-electron chi connectivity index (χ4n) is 1.63. The fourth-order valence-corrected chi connectivity index (χ4v) is 1.63. The molecule has 1 fully saturated rings. The first-order valence-electron chi connectivity index (χ1n) is 5.99. The molecular formula is C14H17N3O. The molecule has 0 radical (unpaired) electrons. The highest BCUT2D eigenvalue weighted by molar-refractivity contribution is 5.78. The SMILES string of the molecule is C#CCOc1ccc(CN=C(N)N2CCC2)cc1. The van der Waals surface area contributed by atoms with Crippen molar-refractivity contribution < 1.29 is 4.74 Å². The third-order valence-electron chi connectivity index (χ3n) is 2.85. The van der Waals surface area contributed by atoms with Crippen molar-refractivity contribution in [1.82, 2.24) is 4.90 Å². The van der Waals surface area contributed by atoms with Crippen LogP contribution in [0, 0.1) is 12.3 Å². The molecule has 0 unspecified atom stereocenters. The zero-order valence-corrected chi connectivity index (χ0v) is 10.3. The summed E-state index contributed by atoms with van der Waals surface area (Å²) in [4.78, 5) is 6.43. The van der Waals surface area contributed by atoms with Gasteiger partial charge in [0.15, 0.2) is 5.96 Å². The summed E-state index contributed by atoms with van der Waals surface area (Å²) in [6.07, 6.45) is 6.33. The molecule has 1 aliphatic rings. The molecule has 0 atom stereocenters. The predicted molar refractivity (Wildman–Crippen MR) is 72.3 cm³/mol. The molecule has 1 aromatic carbocycles. The molecule has 2 N–H and O–H groups in total. The third kappa shape index (κ3) is 3.17. The van der Waals surface area contributed by atoms with Gasteiger partial charge in [0, 0.05) is 13.1 Å². The van der Waals surface area contributed by atoms with Gasteiger partial charge in [-0.2, -0.15) is 0 Å². The Morgan fingerprint density at radius 3 is 2.67 bits per heavy atom. The maximum Gasteiger partial charge on any atom is 0.191 e. The van der Waals surface area contributed by atoms with E-state index in [1.165, 1.54) is 6.42 Å². The van der Waals surface area contributed by atoms with E-state index in [2.05, 4.69) is 15.8 Å². The van der Waals surface area contributed by atoms with Gasteiger partial charge in [-0.3, -0.25) is 0 Å². The van der Waals surface area contributed by atoms with Gasteiger partial charge >= 0.3 is 0 Å². The monoisotopic (exact) mass is 243 g/mol. The second-order valence-corrected chi connectivity index (χ2v) is 4.15. The van der Waals surface area contributed by atoms with Gasteiger partial charge in [0.1, 0.15) is 12.4 Å². The molecular weight excluding hydrogens is 226 g/mol. The molecule has 18 heavy (non-hydrogen) atoms.